The van der Waals surface area contributed by atoms with Crippen molar-refractivity contribution in [2.75, 3.05) is 4.81 Å². The van der Waals surface area contributed by atoms with Gasteiger partial charge in [-0.1, -0.05) is 188 Å². The first-order chi connectivity index (χ1) is 32.7. The molecule has 0 fully saturated rings. The van der Waals surface area contributed by atoms with Crippen LogP contribution in [0.5, 0.6) is 0 Å². The van der Waals surface area contributed by atoms with Crippen molar-refractivity contribution in [3.8, 4) is 39.3 Å². The maximum atomic E-state index is 7.22. The molecule has 0 saturated carbocycles. The number of aromatic nitrogens is 1. The summed E-state index contributed by atoms with van der Waals surface area (Å²) in [4.78, 5) is 2.71. The van der Waals surface area contributed by atoms with Crippen LogP contribution in [-0.2, 0) is 5.41 Å². The van der Waals surface area contributed by atoms with Crippen LogP contribution in [0, 0.1) is 6.92 Å². The van der Waals surface area contributed by atoms with Gasteiger partial charge in [0.25, 0.3) is 0 Å². The molecule has 66 heavy (non-hydrogen) atoms. The molecule has 4 heteroatoms. The Labute approximate surface area is 382 Å². The fourth-order valence-corrected chi connectivity index (χ4v) is 12.6. The topological polar surface area (TPSA) is 21.3 Å². The highest BCUT2D eigenvalue weighted by molar-refractivity contribution is 6.94. The molecule has 0 unspecified atom stereocenters. The fraction of sp³-hybridized carbons (Fsp3) is 0.0323. The van der Waals surface area contributed by atoms with Gasteiger partial charge in [-0.05, 0) is 97.9 Å². The van der Waals surface area contributed by atoms with Gasteiger partial charge in [-0.25, -0.2) is 0 Å². The standard InChI is InChI=1S/C62H39BN2O/c1-38-33-46-45-29-18-31-50-59(45)65(52-32-17-16-30-49(52)62(50,43-25-10-4-11-26-43)44-27-12-5-13-28-44)63-51-37-55-48(57(39-19-6-2-7-20-39)61(66-55)40-21-8-3-9-22-40)36-54(51)64-53-35-42-24-15-14-23-41(42)34-47(53)56(38)60(64)58(46)63/h2-37H,1H3. The fourth-order valence-electron chi connectivity index (χ4n) is 12.6. The van der Waals surface area contributed by atoms with Gasteiger partial charge in [0.1, 0.15) is 11.3 Å². The smallest absolute Gasteiger partial charge is 0.333 e. The van der Waals surface area contributed by atoms with E-state index in [1.54, 1.807) is 0 Å². The highest BCUT2D eigenvalue weighted by Crippen LogP contribution is 2.60. The highest BCUT2D eigenvalue weighted by Gasteiger charge is 2.53. The lowest BCUT2D eigenvalue weighted by atomic mass is 9.42. The van der Waals surface area contributed by atoms with Gasteiger partial charge in [-0.3, -0.25) is 0 Å². The predicted molar refractivity (Wildman–Crippen MR) is 275 cm³/mol. The summed E-state index contributed by atoms with van der Waals surface area (Å²) in [5.74, 6) is 0.886. The maximum absolute atomic E-state index is 7.22. The van der Waals surface area contributed by atoms with E-state index in [2.05, 4.69) is 235 Å². The van der Waals surface area contributed by atoms with Gasteiger partial charge < -0.3 is 13.8 Å². The van der Waals surface area contributed by atoms with E-state index in [1.165, 1.54) is 99.5 Å². The van der Waals surface area contributed by atoms with E-state index in [-0.39, 0.29) is 6.85 Å². The number of hydrogen-bond donors (Lipinski definition) is 0. The molecule has 0 radical (unpaired) electrons. The summed E-state index contributed by atoms with van der Waals surface area (Å²) in [6, 6.07) is 81.1. The number of nitrogens with zero attached hydrogens (tertiary/aromatic N) is 2. The van der Waals surface area contributed by atoms with E-state index in [0.29, 0.717) is 0 Å². The molecule has 3 nitrogen and oxygen atoms in total. The first kappa shape index (κ1) is 36.1. The Morgan fingerprint density at radius 3 is 1.85 bits per heavy atom. The van der Waals surface area contributed by atoms with Gasteiger partial charge in [-0.2, -0.15) is 0 Å². The Bertz CT molecular complexity index is 3960. The summed E-state index contributed by atoms with van der Waals surface area (Å²) in [5.41, 5.74) is 21.3. The van der Waals surface area contributed by atoms with Gasteiger partial charge in [0.2, 0.25) is 0 Å². The normalized spacial score (nSPS) is 13.9. The van der Waals surface area contributed by atoms with Crippen LogP contribution in [0.2, 0.25) is 0 Å². The zero-order valence-corrected chi connectivity index (χ0v) is 36.2. The SMILES string of the molecule is Cc1cc2c3c4c1c1cc5ccccc5cc1n4-c1cc4c(-c5ccccc5)c(-c5ccccc5)oc4cc1B3N1c3ccccc3C(c3ccccc3)(c3ccccc3)c3cccc-2c31. The molecule has 3 aliphatic rings. The molecule has 0 atom stereocenters. The van der Waals surface area contributed by atoms with Crippen molar-refractivity contribution in [2.45, 2.75) is 12.3 Å². The van der Waals surface area contributed by atoms with E-state index < -0.39 is 5.41 Å². The Hall–Kier alpha value is -8.34. The largest absolute Gasteiger partial charge is 0.455 e. The predicted octanol–water partition coefficient (Wildman–Crippen LogP) is 14.3. The molecule has 0 bridgehead atoms. The summed E-state index contributed by atoms with van der Waals surface area (Å²) < 4.78 is 9.83. The average molecular weight is 839 g/mol. The molecule has 3 aliphatic heterocycles. The number of furan rings is 1. The van der Waals surface area contributed by atoms with Crippen LogP contribution in [-0.4, -0.2) is 11.4 Å². The van der Waals surface area contributed by atoms with Crippen molar-refractivity contribution in [3.05, 3.63) is 246 Å². The van der Waals surface area contributed by atoms with Crippen molar-refractivity contribution >= 4 is 72.7 Å². The molecule has 0 aliphatic carbocycles. The third-order valence-corrected chi connectivity index (χ3v) is 15.1. The number of benzene rings is 10. The van der Waals surface area contributed by atoms with Crippen LogP contribution in [0.25, 0.3) is 82.8 Å². The van der Waals surface area contributed by atoms with Crippen molar-refractivity contribution in [1.29, 1.82) is 0 Å². The third kappa shape index (κ3) is 4.53. The minimum Gasteiger partial charge on any atom is -0.455 e. The van der Waals surface area contributed by atoms with Gasteiger partial charge in [0.15, 0.2) is 0 Å². The zero-order chi connectivity index (χ0) is 43.3. The van der Waals surface area contributed by atoms with E-state index in [1.807, 2.05) is 0 Å². The summed E-state index contributed by atoms with van der Waals surface area (Å²) in [7, 11) is 0. The second-order valence-corrected chi connectivity index (χ2v) is 18.3. The summed E-state index contributed by atoms with van der Waals surface area (Å²) in [6.07, 6.45) is 0. The van der Waals surface area contributed by atoms with Crippen LogP contribution >= 0.6 is 0 Å². The molecule has 15 rings (SSSR count). The molecule has 12 aromatic rings. The molecule has 2 aromatic heterocycles. The molecule has 5 heterocycles. The number of aryl methyl sites for hydroxylation is 1. The maximum Gasteiger partial charge on any atom is 0.333 e. The molecular weight excluding hydrogens is 800 g/mol. The summed E-state index contributed by atoms with van der Waals surface area (Å²) >= 11 is 0. The second-order valence-electron chi connectivity index (χ2n) is 18.3. The van der Waals surface area contributed by atoms with Crippen LogP contribution in [0.15, 0.2) is 223 Å². The summed E-state index contributed by atoms with van der Waals surface area (Å²) in [6.45, 7) is 2.16. The average Bonchev–Trinajstić information content (AvgIpc) is 3.93. The van der Waals surface area contributed by atoms with E-state index in [4.69, 9.17) is 4.42 Å². The molecule has 0 spiro atoms. The molecule has 0 N–H and O–H groups in total. The first-order valence-corrected chi connectivity index (χ1v) is 23.0. The van der Waals surface area contributed by atoms with Crippen LogP contribution in [0.4, 0.5) is 11.4 Å². The lowest BCUT2D eigenvalue weighted by Crippen LogP contribution is -2.62. The monoisotopic (exact) mass is 838 g/mol. The van der Waals surface area contributed by atoms with Crippen LogP contribution in [0.1, 0.15) is 27.8 Å². The lowest BCUT2D eigenvalue weighted by Gasteiger charge is -2.51. The van der Waals surface area contributed by atoms with Gasteiger partial charge in [-0.15, -0.1) is 0 Å². The van der Waals surface area contributed by atoms with Crippen molar-refractivity contribution in [3.63, 3.8) is 0 Å². The Kier molecular flexibility index (Phi) is 7.17. The van der Waals surface area contributed by atoms with Crippen LogP contribution < -0.4 is 15.7 Å². The second kappa shape index (κ2) is 13.1. The molecular formula is C62H39BN2O. The Morgan fingerprint density at radius 1 is 0.500 bits per heavy atom. The van der Waals surface area contributed by atoms with Crippen molar-refractivity contribution in [1.82, 2.24) is 4.57 Å². The lowest BCUT2D eigenvalue weighted by molar-refractivity contribution is 0.632. The van der Waals surface area contributed by atoms with Gasteiger partial charge >= 0.3 is 6.85 Å². The molecule has 306 valence electrons. The highest BCUT2D eigenvalue weighted by atomic mass is 16.3. The van der Waals surface area contributed by atoms with Crippen molar-refractivity contribution in [2.24, 2.45) is 0 Å². The van der Waals surface area contributed by atoms with Crippen molar-refractivity contribution < 1.29 is 4.42 Å². The number of hydrogen-bond acceptors (Lipinski definition) is 2. The number of rotatable bonds is 4. The van der Waals surface area contributed by atoms with E-state index >= 15 is 0 Å². The summed E-state index contributed by atoms with van der Waals surface area (Å²) in [5, 5.41) is 6.19. The minimum atomic E-state index is -0.579. The molecule has 10 aromatic carbocycles. The number of anilines is 2. The quantitative estimate of drug-likeness (QED) is 0.165. The molecule has 0 saturated heterocycles. The molecule has 0 amide bonds. The third-order valence-electron chi connectivity index (χ3n) is 15.1. The first-order valence-electron chi connectivity index (χ1n) is 23.0. The van der Waals surface area contributed by atoms with E-state index in [0.717, 1.165) is 33.4 Å². The number of para-hydroxylation sites is 2. The van der Waals surface area contributed by atoms with E-state index in [9.17, 15) is 0 Å². The Balaban J connectivity index is 1.14. The Morgan fingerprint density at radius 2 is 1.12 bits per heavy atom. The minimum absolute atomic E-state index is 0.168. The number of fused-ring (bicyclic) bond motifs is 12. The van der Waals surface area contributed by atoms with Gasteiger partial charge in [0.05, 0.1) is 16.4 Å². The zero-order valence-electron chi connectivity index (χ0n) is 36.2. The van der Waals surface area contributed by atoms with Crippen LogP contribution in [0.3, 0.4) is 0 Å². The van der Waals surface area contributed by atoms with Gasteiger partial charge in [0, 0.05) is 49.9 Å².